The molecule has 2 aliphatic heterocycles. The van der Waals surface area contributed by atoms with Gasteiger partial charge in [-0.15, -0.1) is 0 Å². The van der Waals surface area contributed by atoms with Crippen molar-refractivity contribution in [3.63, 3.8) is 0 Å². The number of thiazole rings is 1. The molecule has 0 amide bonds. The van der Waals surface area contributed by atoms with Crippen LogP contribution in [0.15, 0.2) is 51.4 Å². The number of carbonyl (C=O) groups excluding carboxylic acids is 1. The van der Waals surface area contributed by atoms with Gasteiger partial charge in [0.15, 0.2) is 4.80 Å². The Bertz CT molecular complexity index is 1550. The van der Waals surface area contributed by atoms with Gasteiger partial charge in [-0.2, -0.15) is 0 Å². The first-order chi connectivity index (χ1) is 17.8. The summed E-state index contributed by atoms with van der Waals surface area (Å²) in [7, 11) is 0. The summed E-state index contributed by atoms with van der Waals surface area (Å²) in [6.45, 7) is 11.7. The molecule has 1 fully saturated rings. The van der Waals surface area contributed by atoms with Crippen LogP contribution >= 0.6 is 11.3 Å². The third kappa shape index (κ3) is 4.76. The van der Waals surface area contributed by atoms with Crippen LogP contribution in [0, 0.1) is 20.8 Å². The second kappa shape index (κ2) is 10.3. The molecule has 2 atom stereocenters. The van der Waals surface area contributed by atoms with E-state index >= 15 is 0 Å². The third-order valence-corrected chi connectivity index (χ3v) is 8.20. The molecule has 0 aliphatic carbocycles. The van der Waals surface area contributed by atoms with Crippen molar-refractivity contribution in [1.29, 1.82) is 0 Å². The van der Waals surface area contributed by atoms with Gasteiger partial charge in [-0.3, -0.25) is 9.36 Å². The summed E-state index contributed by atoms with van der Waals surface area (Å²) in [4.78, 5) is 32.2. The van der Waals surface area contributed by atoms with Crippen molar-refractivity contribution in [1.82, 2.24) is 9.13 Å². The molecule has 2 aromatic heterocycles. The highest BCUT2D eigenvalue weighted by Crippen LogP contribution is 2.31. The number of rotatable bonds is 6. The highest BCUT2D eigenvalue weighted by Gasteiger charge is 2.33. The van der Waals surface area contributed by atoms with Gasteiger partial charge in [-0.1, -0.05) is 41.2 Å². The summed E-state index contributed by atoms with van der Waals surface area (Å²) >= 11 is 1.35. The second-order valence-corrected chi connectivity index (χ2v) is 10.8. The molecular formula is C29H33N3O4S. The van der Waals surface area contributed by atoms with Gasteiger partial charge >= 0.3 is 5.97 Å². The van der Waals surface area contributed by atoms with Crippen molar-refractivity contribution in [3.8, 4) is 0 Å². The monoisotopic (exact) mass is 519 g/mol. The van der Waals surface area contributed by atoms with Gasteiger partial charge in [0.2, 0.25) is 0 Å². The average molecular weight is 520 g/mol. The zero-order chi connectivity index (χ0) is 26.3. The van der Waals surface area contributed by atoms with Gasteiger partial charge < -0.3 is 14.0 Å². The van der Waals surface area contributed by atoms with Crippen LogP contribution in [0.4, 0.5) is 0 Å². The zero-order valence-electron chi connectivity index (χ0n) is 22.0. The maximum absolute atomic E-state index is 13.9. The van der Waals surface area contributed by atoms with Crippen LogP contribution in [0.5, 0.6) is 0 Å². The predicted octanol–water partition coefficient (Wildman–Crippen LogP) is 3.70. The summed E-state index contributed by atoms with van der Waals surface area (Å²) in [5, 5.41) is 0. The van der Waals surface area contributed by atoms with Crippen molar-refractivity contribution in [2.45, 2.75) is 66.2 Å². The highest BCUT2D eigenvalue weighted by molar-refractivity contribution is 7.07. The molecule has 0 bridgehead atoms. The minimum absolute atomic E-state index is 0.160. The van der Waals surface area contributed by atoms with Crippen LogP contribution in [0.2, 0.25) is 0 Å². The van der Waals surface area contributed by atoms with Crippen molar-refractivity contribution in [2.24, 2.45) is 4.99 Å². The summed E-state index contributed by atoms with van der Waals surface area (Å²) < 4.78 is 15.7. The van der Waals surface area contributed by atoms with E-state index in [4.69, 9.17) is 9.47 Å². The third-order valence-electron chi connectivity index (χ3n) is 7.22. The van der Waals surface area contributed by atoms with Crippen molar-refractivity contribution in [2.75, 3.05) is 13.2 Å². The van der Waals surface area contributed by atoms with Crippen LogP contribution in [-0.2, 0) is 20.8 Å². The molecule has 0 saturated carbocycles. The maximum Gasteiger partial charge on any atom is 0.338 e. The lowest BCUT2D eigenvalue weighted by molar-refractivity contribution is -0.139. The molecular weight excluding hydrogens is 486 g/mol. The molecule has 1 aromatic carbocycles. The van der Waals surface area contributed by atoms with E-state index in [0.29, 0.717) is 20.6 Å². The number of aryl methyl sites for hydroxylation is 2. The van der Waals surface area contributed by atoms with Crippen LogP contribution in [0.25, 0.3) is 6.08 Å². The van der Waals surface area contributed by atoms with Crippen molar-refractivity contribution in [3.05, 3.63) is 89.4 Å². The Balaban J connectivity index is 1.63. The minimum atomic E-state index is -0.593. The number of ether oxygens (including phenoxy) is 2. The Hall–Kier alpha value is -3.23. The zero-order valence-corrected chi connectivity index (χ0v) is 22.9. The molecule has 0 unspecified atom stereocenters. The second-order valence-electron chi connectivity index (χ2n) is 9.79. The van der Waals surface area contributed by atoms with E-state index in [1.165, 1.54) is 11.3 Å². The van der Waals surface area contributed by atoms with Gasteiger partial charge in [0.25, 0.3) is 5.56 Å². The number of carbonyl (C=O) groups is 1. The Labute approximate surface area is 220 Å². The summed E-state index contributed by atoms with van der Waals surface area (Å²) in [5.74, 6) is -0.443. The standard InChI is InChI=1S/C29H33N3O4S/c1-6-35-28(34)25-19(4)30-29-32(26(25)21-11-9-17(2)10-12-21)27(33)24(37-29)15-22-14-18(3)31(20(22)5)16-23-8-7-13-36-23/h9-12,14-15,23,26H,6-8,13,16H2,1-5H3/b24-15-/t23-,26+/m1/s1. The number of benzene rings is 1. The van der Waals surface area contributed by atoms with Gasteiger partial charge in [-0.25, -0.2) is 9.79 Å². The van der Waals surface area contributed by atoms with Gasteiger partial charge in [-0.05, 0) is 70.7 Å². The maximum atomic E-state index is 13.9. The quantitative estimate of drug-likeness (QED) is 0.466. The number of aromatic nitrogens is 2. The Morgan fingerprint density at radius 1 is 1.22 bits per heavy atom. The number of hydrogen-bond acceptors (Lipinski definition) is 6. The number of esters is 1. The largest absolute Gasteiger partial charge is 0.463 e. The number of hydrogen-bond donors (Lipinski definition) is 0. The fourth-order valence-corrected chi connectivity index (χ4v) is 6.28. The summed E-state index contributed by atoms with van der Waals surface area (Å²) in [6.07, 6.45) is 4.37. The molecule has 194 valence electrons. The van der Waals surface area contributed by atoms with Gasteiger partial charge in [0.1, 0.15) is 0 Å². The molecule has 0 radical (unpaired) electrons. The number of allylic oxidation sites excluding steroid dienone is 1. The molecule has 0 N–H and O–H groups in total. The van der Waals surface area contributed by atoms with E-state index in [-0.39, 0.29) is 18.3 Å². The van der Waals surface area contributed by atoms with E-state index in [2.05, 4.69) is 29.5 Å². The van der Waals surface area contributed by atoms with E-state index in [9.17, 15) is 9.59 Å². The van der Waals surface area contributed by atoms with Crippen LogP contribution < -0.4 is 14.9 Å². The lowest BCUT2D eigenvalue weighted by Crippen LogP contribution is -2.39. The van der Waals surface area contributed by atoms with E-state index < -0.39 is 12.0 Å². The Kier molecular flexibility index (Phi) is 7.05. The molecule has 5 rings (SSSR count). The molecule has 37 heavy (non-hydrogen) atoms. The Morgan fingerprint density at radius 3 is 2.65 bits per heavy atom. The van der Waals surface area contributed by atoms with E-state index in [0.717, 1.165) is 54.1 Å². The fourth-order valence-electron chi connectivity index (χ4n) is 5.24. The molecule has 7 nitrogen and oxygen atoms in total. The molecule has 0 spiro atoms. The van der Waals surface area contributed by atoms with Crippen molar-refractivity contribution < 1.29 is 14.3 Å². The van der Waals surface area contributed by atoms with Gasteiger partial charge in [0, 0.05) is 24.5 Å². The fraction of sp³-hybridized carbons (Fsp3) is 0.414. The number of fused-ring (bicyclic) bond motifs is 1. The van der Waals surface area contributed by atoms with Crippen molar-refractivity contribution >= 4 is 23.4 Å². The number of nitrogens with zero attached hydrogens (tertiary/aromatic N) is 3. The normalized spacial score (nSPS) is 19.8. The van der Waals surface area contributed by atoms with E-state index in [1.54, 1.807) is 11.5 Å². The SMILES string of the molecule is CCOC(=O)C1=C(C)N=c2s/c(=C\c3cc(C)n(C[C@H]4CCCO4)c3C)c(=O)n2[C@H]1c1ccc(C)cc1. The molecule has 8 heteroatoms. The first-order valence-electron chi connectivity index (χ1n) is 12.8. The predicted molar refractivity (Wildman–Crippen MR) is 144 cm³/mol. The highest BCUT2D eigenvalue weighted by atomic mass is 32.1. The average Bonchev–Trinajstić information content (AvgIpc) is 3.55. The first-order valence-corrected chi connectivity index (χ1v) is 13.6. The summed E-state index contributed by atoms with van der Waals surface area (Å²) in [5.41, 5.74) is 6.04. The van der Waals surface area contributed by atoms with Crippen LogP contribution in [0.1, 0.15) is 60.8 Å². The molecule has 3 aromatic rings. The lowest BCUT2D eigenvalue weighted by atomic mass is 9.95. The topological polar surface area (TPSA) is 74.8 Å². The first kappa shape index (κ1) is 25.4. The van der Waals surface area contributed by atoms with Crippen LogP contribution in [0.3, 0.4) is 0 Å². The Morgan fingerprint density at radius 2 is 1.97 bits per heavy atom. The minimum Gasteiger partial charge on any atom is -0.463 e. The van der Waals surface area contributed by atoms with Crippen LogP contribution in [-0.4, -0.2) is 34.4 Å². The van der Waals surface area contributed by atoms with E-state index in [1.807, 2.05) is 44.2 Å². The lowest BCUT2D eigenvalue weighted by Gasteiger charge is -2.24. The summed E-state index contributed by atoms with van der Waals surface area (Å²) in [6, 6.07) is 9.44. The molecule has 2 aliphatic rings. The smallest absolute Gasteiger partial charge is 0.338 e. The van der Waals surface area contributed by atoms with Gasteiger partial charge in [0.05, 0.1) is 34.6 Å². The molecule has 1 saturated heterocycles. The molecule has 4 heterocycles.